The van der Waals surface area contributed by atoms with Gasteiger partial charge >= 0.3 is 0 Å². The van der Waals surface area contributed by atoms with E-state index in [9.17, 15) is 5.11 Å². The summed E-state index contributed by atoms with van der Waals surface area (Å²) < 4.78 is 5.46. The fourth-order valence-corrected chi connectivity index (χ4v) is 3.13. The van der Waals surface area contributed by atoms with Gasteiger partial charge in [0.2, 0.25) is 11.7 Å². The average molecular weight is 337 g/mol. The summed E-state index contributed by atoms with van der Waals surface area (Å²) in [6, 6.07) is 8.30. The highest BCUT2D eigenvalue weighted by Gasteiger charge is 2.36. The van der Waals surface area contributed by atoms with Gasteiger partial charge in [-0.05, 0) is 18.9 Å². The zero-order valence-corrected chi connectivity index (χ0v) is 13.9. The van der Waals surface area contributed by atoms with Crippen molar-refractivity contribution in [3.8, 4) is 11.5 Å². The Labute approximate surface area is 145 Å². The van der Waals surface area contributed by atoms with Crippen LogP contribution in [0, 0.1) is 6.92 Å². The Bertz CT molecular complexity index is 834. The van der Waals surface area contributed by atoms with E-state index in [1.807, 2.05) is 0 Å². The normalized spacial score (nSPS) is 20.9. The third-order valence-electron chi connectivity index (χ3n) is 4.41. The second-order valence-corrected chi connectivity index (χ2v) is 6.37. The molecule has 1 saturated heterocycles. The predicted octanol–water partition coefficient (Wildman–Crippen LogP) is 2.14. The van der Waals surface area contributed by atoms with Crippen LogP contribution < -0.4 is 0 Å². The quantitative estimate of drug-likeness (QED) is 0.780. The average Bonchev–Trinajstić information content (AvgIpc) is 3.24. The van der Waals surface area contributed by atoms with Crippen molar-refractivity contribution < 1.29 is 9.63 Å². The number of aliphatic hydroxyl groups is 1. The number of nitrogens with zero attached hydrogens (tertiary/aromatic N) is 5. The van der Waals surface area contributed by atoms with Crippen LogP contribution in [-0.4, -0.2) is 42.8 Å². The zero-order chi connectivity index (χ0) is 17.2. The Balaban J connectivity index is 1.55. The number of hydrogen-bond donors (Lipinski definition) is 1. The highest BCUT2D eigenvalue weighted by atomic mass is 16.5. The molecule has 25 heavy (non-hydrogen) atoms. The number of benzene rings is 1. The van der Waals surface area contributed by atoms with Crippen molar-refractivity contribution in [3.63, 3.8) is 0 Å². The number of aliphatic hydroxyl groups excluding tert-OH is 1. The summed E-state index contributed by atoms with van der Waals surface area (Å²) in [6.07, 6.45) is 4.97. The molecule has 2 unspecified atom stereocenters. The molecule has 1 N–H and O–H groups in total. The molecule has 0 radical (unpaired) electrons. The molecule has 3 heterocycles. The number of hydrogen-bond acceptors (Lipinski definition) is 7. The first-order chi connectivity index (χ1) is 12.2. The van der Waals surface area contributed by atoms with Crippen LogP contribution in [0.25, 0.3) is 11.5 Å². The van der Waals surface area contributed by atoms with E-state index in [0.717, 1.165) is 6.54 Å². The van der Waals surface area contributed by atoms with Crippen LogP contribution in [0.5, 0.6) is 0 Å². The van der Waals surface area contributed by atoms with Gasteiger partial charge in [-0.3, -0.25) is 9.88 Å². The third-order valence-corrected chi connectivity index (χ3v) is 4.41. The van der Waals surface area contributed by atoms with Crippen LogP contribution in [0.1, 0.15) is 29.5 Å². The van der Waals surface area contributed by atoms with Gasteiger partial charge in [-0.2, -0.15) is 4.98 Å². The largest absolute Gasteiger partial charge is 0.392 e. The Kier molecular flexibility index (Phi) is 4.25. The van der Waals surface area contributed by atoms with Crippen LogP contribution in [0.2, 0.25) is 0 Å². The predicted molar refractivity (Wildman–Crippen MR) is 90.3 cm³/mol. The monoisotopic (exact) mass is 337 g/mol. The van der Waals surface area contributed by atoms with Crippen LogP contribution in [0.4, 0.5) is 0 Å². The van der Waals surface area contributed by atoms with Gasteiger partial charge in [0.15, 0.2) is 0 Å². The molecule has 7 nitrogen and oxygen atoms in total. The fraction of sp³-hybridized carbons (Fsp3) is 0.333. The minimum Gasteiger partial charge on any atom is -0.392 e. The topological polar surface area (TPSA) is 88.2 Å². The smallest absolute Gasteiger partial charge is 0.244 e. The number of likely N-dealkylation sites (tertiary alicyclic amines) is 1. The lowest BCUT2D eigenvalue weighted by Crippen LogP contribution is -2.24. The minimum absolute atomic E-state index is 0.103. The van der Waals surface area contributed by atoms with E-state index < -0.39 is 6.10 Å². The summed E-state index contributed by atoms with van der Waals surface area (Å²) >= 11 is 0. The number of β-amino-alcohol motifs (C(OH)–C–C–N with tert-alkyl or cyclic N) is 1. The van der Waals surface area contributed by atoms with Crippen molar-refractivity contribution in [1.82, 2.24) is 25.0 Å². The summed E-state index contributed by atoms with van der Waals surface area (Å²) in [6.45, 7) is 3.38. The molecule has 0 spiro atoms. The van der Waals surface area contributed by atoms with Gasteiger partial charge < -0.3 is 9.63 Å². The van der Waals surface area contributed by atoms with E-state index in [2.05, 4.69) is 56.2 Å². The van der Waals surface area contributed by atoms with Gasteiger partial charge in [-0.1, -0.05) is 35.0 Å². The lowest BCUT2D eigenvalue weighted by molar-refractivity contribution is 0.169. The summed E-state index contributed by atoms with van der Waals surface area (Å²) in [4.78, 5) is 14.9. The van der Waals surface area contributed by atoms with Crippen LogP contribution in [0.3, 0.4) is 0 Å². The van der Waals surface area contributed by atoms with Gasteiger partial charge in [-0.25, -0.2) is 4.98 Å². The van der Waals surface area contributed by atoms with Crippen molar-refractivity contribution in [2.24, 2.45) is 0 Å². The lowest BCUT2D eigenvalue weighted by Gasteiger charge is -2.21. The maximum atomic E-state index is 10.1. The van der Waals surface area contributed by atoms with Crippen molar-refractivity contribution in [3.05, 3.63) is 59.9 Å². The van der Waals surface area contributed by atoms with Crippen molar-refractivity contribution in [1.29, 1.82) is 0 Å². The van der Waals surface area contributed by atoms with Crippen molar-refractivity contribution >= 4 is 0 Å². The van der Waals surface area contributed by atoms with Gasteiger partial charge in [0.1, 0.15) is 5.69 Å². The van der Waals surface area contributed by atoms with Gasteiger partial charge in [-0.15, -0.1) is 0 Å². The molecule has 2 aromatic heterocycles. The second kappa shape index (κ2) is 6.70. The molecule has 1 aliphatic rings. The maximum absolute atomic E-state index is 10.1. The van der Waals surface area contributed by atoms with E-state index in [0.29, 0.717) is 30.4 Å². The highest BCUT2D eigenvalue weighted by molar-refractivity contribution is 5.45. The molecule has 1 aliphatic heterocycles. The van der Waals surface area contributed by atoms with E-state index in [-0.39, 0.29) is 6.04 Å². The number of aryl methyl sites for hydroxylation is 1. The SMILES string of the molecule is Cc1ccc(CN2CC(O)CC2c2nc(-c3cnccn3)no2)cc1. The van der Waals surface area contributed by atoms with Gasteiger partial charge in [0, 0.05) is 25.5 Å². The molecule has 3 aromatic rings. The summed E-state index contributed by atoms with van der Waals surface area (Å²) in [7, 11) is 0. The molecule has 0 bridgehead atoms. The summed E-state index contributed by atoms with van der Waals surface area (Å²) in [5, 5.41) is 14.1. The van der Waals surface area contributed by atoms with E-state index in [4.69, 9.17) is 4.52 Å². The molecule has 7 heteroatoms. The Morgan fingerprint density at radius 1 is 1.24 bits per heavy atom. The Hall–Kier alpha value is -2.64. The third kappa shape index (κ3) is 3.42. The first kappa shape index (κ1) is 15.9. The molecular weight excluding hydrogens is 318 g/mol. The molecule has 1 fully saturated rings. The molecule has 4 rings (SSSR count). The van der Waals surface area contributed by atoms with Crippen molar-refractivity contribution in [2.75, 3.05) is 6.54 Å². The van der Waals surface area contributed by atoms with Gasteiger partial charge in [0.25, 0.3) is 0 Å². The van der Waals surface area contributed by atoms with Crippen molar-refractivity contribution in [2.45, 2.75) is 32.0 Å². The number of aromatic nitrogens is 4. The second-order valence-electron chi connectivity index (χ2n) is 6.37. The molecule has 2 atom stereocenters. The molecule has 0 amide bonds. The Morgan fingerprint density at radius 2 is 2.08 bits per heavy atom. The van der Waals surface area contributed by atoms with Crippen LogP contribution in [-0.2, 0) is 6.54 Å². The molecule has 0 aliphatic carbocycles. The highest BCUT2D eigenvalue weighted by Crippen LogP contribution is 2.33. The summed E-state index contributed by atoms with van der Waals surface area (Å²) in [5.74, 6) is 0.920. The maximum Gasteiger partial charge on any atom is 0.244 e. The molecule has 128 valence electrons. The molecule has 1 aromatic carbocycles. The number of rotatable bonds is 4. The zero-order valence-electron chi connectivity index (χ0n) is 13.9. The lowest BCUT2D eigenvalue weighted by atomic mass is 10.1. The van der Waals surface area contributed by atoms with Gasteiger partial charge in [0.05, 0.1) is 18.3 Å². The minimum atomic E-state index is -0.401. The summed E-state index contributed by atoms with van der Waals surface area (Å²) in [5.41, 5.74) is 2.99. The first-order valence-corrected chi connectivity index (χ1v) is 8.26. The van der Waals surface area contributed by atoms with Crippen LogP contribution in [0.15, 0.2) is 47.4 Å². The Morgan fingerprint density at radius 3 is 2.84 bits per heavy atom. The fourth-order valence-electron chi connectivity index (χ4n) is 3.13. The standard InChI is InChI=1S/C18H19N5O2/c1-12-2-4-13(5-3-12)10-23-11-14(24)8-16(23)18-21-17(22-25-18)15-9-19-6-7-20-15/h2-7,9,14,16,24H,8,10-11H2,1H3. The molecular formula is C18H19N5O2. The van der Waals surface area contributed by atoms with E-state index in [1.165, 1.54) is 11.1 Å². The molecule has 0 saturated carbocycles. The van der Waals surface area contributed by atoms with E-state index >= 15 is 0 Å². The van der Waals surface area contributed by atoms with E-state index in [1.54, 1.807) is 18.6 Å². The first-order valence-electron chi connectivity index (χ1n) is 8.26. The van der Waals surface area contributed by atoms with Crippen LogP contribution >= 0.6 is 0 Å².